The molecule has 1 N–H and O–H groups in total. The van der Waals surface area contributed by atoms with Crippen LogP contribution in [0.5, 0.6) is 0 Å². The zero-order chi connectivity index (χ0) is 13.5. The van der Waals surface area contributed by atoms with Crippen LogP contribution in [0.3, 0.4) is 0 Å². The highest BCUT2D eigenvalue weighted by atomic mass is 32.1. The molecule has 1 saturated heterocycles. The number of rotatable bonds is 3. The van der Waals surface area contributed by atoms with Crippen LogP contribution in [-0.4, -0.2) is 44.2 Å². The number of amides is 1. The maximum absolute atomic E-state index is 12.3. The van der Waals surface area contributed by atoms with Crippen molar-refractivity contribution in [3.05, 3.63) is 10.6 Å². The van der Waals surface area contributed by atoms with E-state index in [-0.39, 0.29) is 17.7 Å². The van der Waals surface area contributed by atoms with Crippen LogP contribution in [0.2, 0.25) is 0 Å². The van der Waals surface area contributed by atoms with E-state index in [0.717, 1.165) is 17.2 Å². The number of aliphatic hydroxyl groups is 1. The van der Waals surface area contributed by atoms with Crippen molar-refractivity contribution in [1.29, 1.82) is 0 Å². The number of nitrogens with zero attached hydrogens (tertiary/aromatic N) is 3. The predicted octanol–water partition coefficient (Wildman–Crippen LogP) is 1.50. The highest BCUT2D eigenvalue weighted by Crippen LogP contribution is 2.31. The minimum absolute atomic E-state index is 0.0565. The van der Waals surface area contributed by atoms with Crippen molar-refractivity contribution in [1.82, 2.24) is 14.5 Å². The molecule has 0 spiro atoms. The molecule has 1 fully saturated rings. The van der Waals surface area contributed by atoms with Gasteiger partial charge in [0, 0.05) is 0 Å². The third-order valence-corrected chi connectivity index (χ3v) is 4.28. The average molecular weight is 269 g/mol. The van der Waals surface area contributed by atoms with E-state index >= 15 is 0 Å². The molecule has 0 atom stereocenters. The fourth-order valence-corrected chi connectivity index (χ4v) is 2.78. The van der Waals surface area contributed by atoms with Crippen LogP contribution in [-0.2, 0) is 0 Å². The van der Waals surface area contributed by atoms with E-state index in [0.29, 0.717) is 18.0 Å². The summed E-state index contributed by atoms with van der Waals surface area (Å²) in [5.41, 5.74) is 0.0242. The summed E-state index contributed by atoms with van der Waals surface area (Å²) in [6.45, 7) is 8.73. The molecule has 0 aliphatic carbocycles. The van der Waals surface area contributed by atoms with Crippen LogP contribution in [0.25, 0.3) is 0 Å². The fourth-order valence-electron chi connectivity index (χ4n) is 1.99. The molecule has 0 radical (unpaired) electrons. The maximum atomic E-state index is 12.3. The normalized spacial score (nSPS) is 18.3. The number of β-amino-alcohol motifs (C(OH)–C–C–N with tert-alkyl or cyclic N) is 1. The molecule has 5 nitrogen and oxygen atoms in total. The molecule has 18 heavy (non-hydrogen) atoms. The highest BCUT2D eigenvalue weighted by Gasteiger charge is 2.46. The summed E-state index contributed by atoms with van der Waals surface area (Å²) in [7, 11) is 0. The second-order valence-corrected chi connectivity index (χ2v) is 6.32. The molecule has 0 bridgehead atoms. The Morgan fingerprint density at radius 3 is 2.50 bits per heavy atom. The predicted molar refractivity (Wildman–Crippen MR) is 69.7 cm³/mol. The first-order valence-electron chi connectivity index (χ1n) is 6.19. The lowest BCUT2D eigenvalue weighted by Gasteiger charge is -2.48. The Hall–Kier alpha value is -1.01. The van der Waals surface area contributed by atoms with Crippen molar-refractivity contribution in [2.75, 3.05) is 13.1 Å². The van der Waals surface area contributed by atoms with Crippen LogP contribution >= 0.6 is 11.5 Å². The van der Waals surface area contributed by atoms with E-state index in [2.05, 4.69) is 9.59 Å². The molecule has 100 valence electrons. The Balaban J connectivity index is 2.09. The number of aromatic nitrogens is 2. The van der Waals surface area contributed by atoms with E-state index in [1.165, 1.54) is 0 Å². The third kappa shape index (κ3) is 2.14. The molecule has 6 heteroatoms. The molecule has 2 rings (SSSR count). The number of likely N-dealkylation sites (tertiary alicyclic amines) is 1. The molecule has 0 saturated carbocycles. The smallest absolute Gasteiger partial charge is 0.267 e. The molecule has 1 aromatic heterocycles. The van der Waals surface area contributed by atoms with Gasteiger partial charge in [-0.2, -0.15) is 0 Å². The molecule has 0 aromatic carbocycles. The number of carbonyl (C=O) groups excluding carboxylic acids is 1. The first-order chi connectivity index (χ1) is 8.35. The van der Waals surface area contributed by atoms with Crippen LogP contribution in [0, 0.1) is 5.92 Å². The van der Waals surface area contributed by atoms with Gasteiger partial charge in [-0.25, -0.2) is 0 Å². The van der Waals surface area contributed by atoms with Crippen LogP contribution in [0.4, 0.5) is 0 Å². The summed E-state index contributed by atoms with van der Waals surface area (Å²) in [5.74, 6) is 0.290. The molecule has 1 aromatic rings. The lowest BCUT2D eigenvalue weighted by atomic mass is 9.83. The Labute approximate surface area is 111 Å². The van der Waals surface area contributed by atoms with Gasteiger partial charge in [0.05, 0.1) is 18.8 Å². The third-order valence-electron chi connectivity index (χ3n) is 3.55. The Morgan fingerprint density at radius 2 is 2.00 bits per heavy atom. The molecule has 0 unspecified atom stereocenters. The van der Waals surface area contributed by atoms with E-state index < -0.39 is 5.60 Å². The zero-order valence-corrected chi connectivity index (χ0v) is 12.0. The highest BCUT2D eigenvalue weighted by molar-refractivity contribution is 7.08. The lowest BCUT2D eigenvalue weighted by Crippen LogP contribution is -2.65. The lowest BCUT2D eigenvalue weighted by molar-refractivity contribution is -0.110. The second-order valence-electron chi connectivity index (χ2n) is 5.56. The minimum atomic E-state index is -0.730. The first kappa shape index (κ1) is 13.4. The zero-order valence-electron chi connectivity index (χ0n) is 11.2. The second kappa shape index (κ2) is 4.59. The number of hydrogen-bond donors (Lipinski definition) is 1. The van der Waals surface area contributed by atoms with Gasteiger partial charge >= 0.3 is 0 Å². The van der Waals surface area contributed by atoms with Gasteiger partial charge in [0.15, 0.2) is 0 Å². The maximum Gasteiger partial charge on any atom is 0.267 e. The van der Waals surface area contributed by atoms with Gasteiger partial charge < -0.3 is 10.0 Å². The molecule has 1 aliphatic rings. The van der Waals surface area contributed by atoms with Crippen molar-refractivity contribution in [2.24, 2.45) is 5.92 Å². The van der Waals surface area contributed by atoms with E-state index in [1.54, 1.807) is 4.90 Å². The van der Waals surface area contributed by atoms with Crippen molar-refractivity contribution in [3.8, 4) is 0 Å². The van der Waals surface area contributed by atoms with E-state index in [9.17, 15) is 9.90 Å². The number of hydrogen-bond acceptors (Lipinski definition) is 5. The Morgan fingerprint density at radius 1 is 1.39 bits per heavy atom. The summed E-state index contributed by atoms with van der Waals surface area (Å²) < 4.78 is 3.86. The average Bonchev–Trinajstić information content (AvgIpc) is 2.72. The van der Waals surface area contributed by atoms with Crippen LogP contribution in [0.15, 0.2) is 0 Å². The van der Waals surface area contributed by atoms with Crippen molar-refractivity contribution >= 4 is 17.4 Å². The summed E-state index contributed by atoms with van der Waals surface area (Å²) in [6.07, 6.45) is 0. The monoisotopic (exact) mass is 269 g/mol. The van der Waals surface area contributed by atoms with E-state index in [1.807, 2.05) is 27.7 Å². The molecular formula is C12H19N3O2S. The van der Waals surface area contributed by atoms with Gasteiger partial charge in [-0.15, -0.1) is 5.10 Å². The molecule has 1 aliphatic heterocycles. The Bertz CT molecular complexity index is 450. The van der Waals surface area contributed by atoms with Gasteiger partial charge in [0.25, 0.3) is 5.91 Å². The SMILES string of the molecule is CC(C)c1nnsc1C(=O)N1CC(O)(C(C)C)C1. The summed E-state index contributed by atoms with van der Waals surface area (Å²) in [5, 5.41) is 14.2. The molecular weight excluding hydrogens is 250 g/mol. The first-order valence-corrected chi connectivity index (χ1v) is 6.96. The molecule has 2 heterocycles. The van der Waals surface area contributed by atoms with Gasteiger partial charge in [0.1, 0.15) is 10.5 Å². The summed E-state index contributed by atoms with van der Waals surface area (Å²) in [4.78, 5) is 14.5. The van der Waals surface area contributed by atoms with Gasteiger partial charge in [-0.3, -0.25) is 4.79 Å². The van der Waals surface area contributed by atoms with E-state index in [4.69, 9.17) is 0 Å². The van der Waals surface area contributed by atoms with Crippen molar-refractivity contribution in [3.63, 3.8) is 0 Å². The quantitative estimate of drug-likeness (QED) is 0.903. The standard InChI is InChI=1S/C12H19N3O2S/c1-7(2)9-10(18-14-13-9)11(16)15-5-12(17,6-15)8(3)4/h7-8,17H,5-6H2,1-4H3. The van der Waals surface area contributed by atoms with Gasteiger partial charge in [-0.05, 0) is 23.4 Å². The fraction of sp³-hybridized carbons (Fsp3) is 0.750. The summed E-state index contributed by atoms with van der Waals surface area (Å²) >= 11 is 1.14. The van der Waals surface area contributed by atoms with Crippen molar-refractivity contribution < 1.29 is 9.90 Å². The van der Waals surface area contributed by atoms with Crippen LogP contribution < -0.4 is 0 Å². The van der Waals surface area contributed by atoms with Crippen LogP contribution in [0.1, 0.15) is 49.0 Å². The topological polar surface area (TPSA) is 66.3 Å². The molecule has 1 amide bonds. The summed E-state index contributed by atoms with van der Waals surface area (Å²) in [6, 6.07) is 0. The largest absolute Gasteiger partial charge is 0.386 e. The van der Waals surface area contributed by atoms with Gasteiger partial charge in [-0.1, -0.05) is 32.2 Å². The van der Waals surface area contributed by atoms with Gasteiger partial charge in [0.2, 0.25) is 0 Å². The van der Waals surface area contributed by atoms with Crippen molar-refractivity contribution in [2.45, 2.75) is 39.2 Å². The Kier molecular flexibility index (Phi) is 3.42. The number of carbonyl (C=O) groups is 1. The minimum Gasteiger partial charge on any atom is -0.386 e.